The highest BCUT2D eigenvalue weighted by molar-refractivity contribution is 7.89. The molecule has 2 aromatic rings. The molecule has 1 fully saturated rings. The topological polar surface area (TPSA) is 95.9 Å². The molecular weight excluding hydrogens is 426 g/mol. The molecule has 2 aromatic carbocycles. The SMILES string of the molecule is Cc1ccc(S(=O)(=O)N(C)Cc2ccc(C(=O)NN=C3CC(=O)CC(C)(C)C3)cc2)cc1. The zero-order valence-corrected chi connectivity index (χ0v) is 19.7. The molecule has 1 aliphatic carbocycles. The lowest BCUT2D eigenvalue weighted by atomic mass is 9.76. The average molecular weight is 456 g/mol. The molecule has 32 heavy (non-hydrogen) atoms. The molecular formula is C24H29N3O4S. The van der Waals surface area contributed by atoms with Gasteiger partial charge in [-0.2, -0.15) is 9.41 Å². The van der Waals surface area contributed by atoms with Gasteiger partial charge in [0.2, 0.25) is 10.0 Å². The van der Waals surface area contributed by atoms with Crippen LogP contribution in [0.1, 0.15) is 54.6 Å². The van der Waals surface area contributed by atoms with Gasteiger partial charge >= 0.3 is 0 Å². The number of rotatable bonds is 6. The van der Waals surface area contributed by atoms with E-state index in [1.807, 2.05) is 20.8 Å². The summed E-state index contributed by atoms with van der Waals surface area (Å²) in [5, 5.41) is 4.16. The van der Waals surface area contributed by atoms with Crippen LogP contribution in [-0.4, -0.2) is 37.2 Å². The van der Waals surface area contributed by atoms with E-state index in [-0.39, 0.29) is 35.0 Å². The second-order valence-corrected chi connectivity index (χ2v) is 11.2. The summed E-state index contributed by atoms with van der Waals surface area (Å²) < 4.78 is 26.8. The molecule has 3 rings (SSSR count). The van der Waals surface area contributed by atoms with Crippen molar-refractivity contribution in [3.05, 3.63) is 65.2 Å². The highest BCUT2D eigenvalue weighted by atomic mass is 32.2. The van der Waals surface area contributed by atoms with Crippen LogP contribution in [0.25, 0.3) is 0 Å². The van der Waals surface area contributed by atoms with Crippen molar-refractivity contribution in [1.82, 2.24) is 9.73 Å². The zero-order chi connectivity index (χ0) is 23.5. The van der Waals surface area contributed by atoms with Crippen molar-refractivity contribution in [2.75, 3.05) is 7.05 Å². The summed E-state index contributed by atoms with van der Waals surface area (Å²) in [5.41, 5.74) is 5.21. The van der Waals surface area contributed by atoms with E-state index in [0.29, 0.717) is 24.1 Å². The van der Waals surface area contributed by atoms with E-state index in [1.165, 1.54) is 11.4 Å². The molecule has 0 saturated heterocycles. The summed E-state index contributed by atoms with van der Waals surface area (Å²) in [6.07, 6.45) is 1.46. The summed E-state index contributed by atoms with van der Waals surface area (Å²) in [4.78, 5) is 24.5. The van der Waals surface area contributed by atoms with Crippen molar-refractivity contribution in [2.24, 2.45) is 10.5 Å². The highest BCUT2D eigenvalue weighted by Crippen LogP contribution is 2.31. The number of carbonyl (C=O) groups is 2. The first kappa shape index (κ1) is 23.8. The van der Waals surface area contributed by atoms with Crippen molar-refractivity contribution >= 4 is 27.4 Å². The Kier molecular flexibility index (Phi) is 6.95. The van der Waals surface area contributed by atoms with Crippen LogP contribution in [-0.2, 0) is 21.4 Å². The monoisotopic (exact) mass is 455 g/mol. The molecule has 0 unspecified atom stereocenters. The third kappa shape index (κ3) is 5.89. The minimum Gasteiger partial charge on any atom is -0.299 e. The normalized spacial score (nSPS) is 17.5. The first-order valence-corrected chi connectivity index (χ1v) is 11.9. The molecule has 1 amide bonds. The van der Waals surface area contributed by atoms with E-state index in [4.69, 9.17) is 0 Å². The minimum atomic E-state index is -3.61. The molecule has 7 nitrogen and oxygen atoms in total. The van der Waals surface area contributed by atoms with Gasteiger partial charge in [-0.15, -0.1) is 0 Å². The fraction of sp³-hybridized carbons (Fsp3) is 0.375. The first-order valence-electron chi connectivity index (χ1n) is 10.5. The van der Waals surface area contributed by atoms with Gasteiger partial charge < -0.3 is 0 Å². The van der Waals surface area contributed by atoms with Crippen LogP contribution in [0.5, 0.6) is 0 Å². The van der Waals surface area contributed by atoms with Crippen LogP contribution in [0, 0.1) is 12.3 Å². The number of carbonyl (C=O) groups excluding carboxylic acids is 2. The maximum Gasteiger partial charge on any atom is 0.271 e. The first-order chi connectivity index (χ1) is 15.0. The van der Waals surface area contributed by atoms with E-state index < -0.39 is 10.0 Å². The Balaban J connectivity index is 1.63. The van der Waals surface area contributed by atoms with Crippen LogP contribution >= 0.6 is 0 Å². The second-order valence-electron chi connectivity index (χ2n) is 9.12. The maximum absolute atomic E-state index is 12.8. The molecule has 1 aliphatic rings. The van der Waals surface area contributed by atoms with Gasteiger partial charge in [0.15, 0.2) is 0 Å². The number of nitrogens with zero attached hydrogens (tertiary/aromatic N) is 2. The number of aryl methyl sites for hydroxylation is 1. The fourth-order valence-electron chi connectivity index (χ4n) is 3.77. The fourth-order valence-corrected chi connectivity index (χ4v) is 4.93. The predicted octanol–water partition coefficient (Wildman–Crippen LogP) is 3.68. The molecule has 0 heterocycles. The number of hydrazone groups is 1. The van der Waals surface area contributed by atoms with E-state index in [9.17, 15) is 18.0 Å². The second kappa shape index (κ2) is 9.34. The molecule has 1 saturated carbocycles. The van der Waals surface area contributed by atoms with Crippen LogP contribution < -0.4 is 5.43 Å². The van der Waals surface area contributed by atoms with Gasteiger partial charge in [-0.05, 0) is 48.6 Å². The number of hydrogen-bond donors (Lipinski definition) is 1. The maximum atomic E-state index is 12.8. The molecule has 0 aromatic heterocycles. The Morgan fingerprint density at radius 3 is 2.28 bits per heavy atom. The molecule has 1 N–H and O–H groups in total. The summed E-state index contributed by atoms with van der Waals surface area (Å²) in [6, 6.07) is 13.4. The lowest BCUT2D eigenvalue weighted by Crippen LogP contribution is -2.31. The number of benzene rings is 2. The smallest absolute Gasteiger partial charge is 0.271 e. The summed E-state index contributed by atoms with van der Waals surface area (Å²) >= 11 is 0. The van der Waals surface area contributed by atoms with Gasteiger partial charge in [0.25, 0.3) is 5.91 Å². The number of ketones is 1. The zero-order valence-electron chi connectivity index (χ0n) is 18.9. The number of amides is 1. The number of Topliss-reactive ketones (excluding diaryl/α,β-unsaturated/α-hetero) is 1. The van der Waals surface area contributed by atoms with Crippen LogP contribution in [0.15, 0.2) is 58.5 Å². The van der Waals surface area contributed by atoms with E-state index in [0.717, 1.165) is 11.1 Å². The Labute approximate surface area is 189 Å². The van der Waals surface area contributed by atoms with E-state index in [2.05, 4.69) is 10.5 Å². The van der Waals surface area contributed by atoms with Gasteiger partial charge in [-0.3, -0.25) is 9.59 Å². The van der Waals surface area contributed by atoms with Crippen molar-refractivity contribution in [3.8, 4) is 0 Å². The van der Waals surface area contributed by atoms with Gasteiger partial charge in [0, 0.05) is 37.7 Å². The van der Waals surface area contributed by atoms with Gasteiger partial charge in [-0.25, -0.2) is 13.8 Å². The van der Waals surface area contributed by atoms with Crippen molar-refractivity contribution in [3.63, 3.8) is 0 Å². The lowest BCUT2D eigenvalue weighted by Gasteiger charge is -2.29. The summed E-state index contributed by atoms with van der Waals surface area (Å²) in [7, 11) is -2.08. The van der Waals surface area contributed by atoms with Crippen molar-refractivity contribution < 1.29 is 18.0 Å². The van der Waals surface area contributed by atoms with E-state index >= 15 is 0 Å². The van der Waals surface area contributed by atoms with Crippen molar-refractivity contribution in [1.29, 1.82) is 0 Å². The number of nitrogens with one attached hydrogen (secondary N) is 1. The predicted molar refractivity (Wildman–Crippen MR) is 124 cm³/mol. The molecule has 0 spiro atoms. The lowest BCUT2D eigenvalue weighted by molar-refractivity contribution is -0.120. The molecule has 0 radical (unpaired) electrons. The third-order valence-corrected chi connectivity index (χ3v) is 7.24. The van der Waals surface area contributed by atoms with Gasteiger partial charge in [0.1, 0.15) is 5.78 Å². The standard InChI is InChI=1S/C24H29N3O4S/c1-17-5-11-22(12-6-17)32(30,31)27(4)16-18-7-9-19(10-8-18)23(29)26-25-20-13-21(28)15-24(2,3)14-20/h5-12H,13-16H2,1-4H3,(H,26,29). The Morgan fingerprint density at radius 1 is 1.06 bits per heavy atom. The Hall–Kier alpha value is -2.84. The summed E-state index contributed by atoms with van der Waals surface area (Å²) in [6.45, 7) is 6.10. The number of hydrogen-bond acceptors (Lipinski definition) is 5. The third-order valence-electron chi connectivity index (χ3n) is 5.43. The quantitative estimate of drug-likeness (QED) is 0.672. The molecule has 0 aliphatic heterocycles. The highest BCUT2D eigenvalue weighted by Gasteiger charge is 2.30. The molecule has 8 heteroatoms. The van der Waals surface area contributed by atoms with Crippen LogP contribution in [0.3, 0.4) is 0 Å². The molecule has 170 valence electrons. The largest absolute Gasteiger partial charge is 0.299 e. The van der Waals surface area contributed by atoms with Gasteiger partial charge in [-0.1, -0.05) is 43.7 Å². The van der Waals surface area contributed by atoms with Crippen molar-refractivity contribution in [2.45, 2.75) is 51.5 Å². The molecule has 0 bridgehead atoms. The van der Waals surface area contributed by atoms with Crippen LogP contribution in [0.2, 0.25) is 0 Å². The summed E-state index contributed by atoms with van der Waals surface area (Å²) in [5.74, 6) is -0.246. The molecule has 0 atom stereocenters. The average Bonchev–Trinajstić information content (AvgIpc) is 2.71. The van der Waals surface area contributed by atoms with Gasteiger partial charge in [0.05, 0.1) is 4.90 Å². The Morgan fingerprint density at radius 2 is 1.69 bits per heavy atom. The minimum absolute atomic E-state index is 0.128. The Bertz CT molecular complexity index is 1130. The van der Waals surface area contributed by atoms with E-state index in [1.54, 1.807) is 48.5 Å². The van der Waals surface area contributed by atoms with Crippen LogP contribution in [0.4, 0.5) is 0 Å². The number of sulfonamides is 1.